The molecule has 4 nitrogen and oxygen atoms in total. The maximum atomic E-state index is 11.6. The Morgan fingerprint density at radius 1 is 1.62 bits per heavy atom. The quantitative estimate of drug-likeness (QED) is 0.613. The Kier molecular flexibility index (Phi) is 2.04. The maximum absolute atomic E-state index is 11.6. The third-order valence-electron chi connectivity index (χ3n) is 2.85. The molecule has 1 saturated heterocycles. The zero-order chi connectivity index (χ0) is 9.47. The number of carbonyl (C=O) groups is 1. The molecule has 4 heteroatoms. The number of hydrogen-bond donors (Lipinski definition) is 1. The van der Waals surface area contributed by atoms with Crippen molar-refractivity contribution in [1.29, 1.82) is 0 Å². The Morgan fingerprint density at radius 2 is 2.31 bits per heavy atom. The number of aliphatic hydroxyl groups is 1. The minimum atomic E-state index is -0.879. The highest BCUT2D eigenvalue weighted by Gasteiger charge is 2.52. The van der Waals surface area contributed by atoms with Crippen LogP contribution in [0, 0.1) is 0 Å². The Morgan fingerprint density at radius 3 is 2.85 bits per heavy atom. The van der Waals surface area contributed by atoms with Gasteiger partial charge in [-0.15, -0.1) is 0 Å². The van der Waals surface area contributed by atoms with Crippen molar-refractivity contribution in [2.24, 2.45) is 0 Å². The van der Waals surface area contributed by atoms with Crippen LogP contribution in [0.3, 0.4) is 0 Å². The lowest BCUT2D eigenvalue weighted by Crippen LogP contribution is -2.53. The third-order valence-corrected chi connectivity index (χ3v) is 2.85. The van der Waals surface area contributed by atoms with Crippen molar-refractivity contribution in [3.05, 3.63) is 0 Å². The van der Waals surface area contributed by atoms with E-state index in [9.17, 15) is 9.90 Å². The molecule has 0 unspecified atom stereocenters. The van der Waals surface area contributed by atoms with E-state index in [0.717, 1.165) is 12.8 Å². The summed E-state index contributed by atoms with van der Waals surface area (Å²) in [6.07, 6.45) is 1.16. The van der Waals surface area contributed by atoms with E-state index in [0.29, 0.717) is 19.8 Å². The van der Waals surface area contributed by atoms with Crippen molar-refractivity contribution in [2.45, 2.75) is 31.4 Å². The lowest BCUT2D eigenvalue weighted by molar-refractivity contribution is -0.149. The molecule has 0 aromatic rings. The van der Waals surface area contributed by atoms with Gasteiger partial charge < -0.3 is 14.7 Å². The number of ether oxygens (including phenoxy) is 1. The molecule has 2 fully saturated rings. The highest BCUT2D eigenvalue weighted by molar-refractivity contribution is 5.81. The molecule has 2 rings (SSSR count). The van der Waals surface area contributed by atoms with Gasteiger partial charge in [0.2, 0.25) is 0 Å². The summed E-state index contributed by atoms with van der Waals surface area (Å²) in [5.74, 6) is -0.152. The highest BCUT2D eigenvalue weighted by Crippen LogP contribution is 2.43. The first-order valence-corrected chi connectivity index (χ1v) is 4.73. The van der Waals surface area contributed by atoms with E-state index in [1.54, 1.807) is 4.90 Å². The highest BCUT2D eigenvalue weighted by atomic mass is 16.5. The summed E-state index contributed by atoms with van der Waals surface area (Å²) in [4.78, 5) is 13.4. The zero-order valence-electron chi connectivity index (χ0n) is 7.82. The summed E-state index contributed by atoms with van der Waals surface area (Å²) in [5, 5.41) is 9.20. The van der Waals surface area contributed by atoms with Gasteiger partial charge in [0, 0.05) is 6.54 Å². The van der Waals surface area contributed by atoms with Gasteiger partial charge >= 0.3 is 0 Å². The molecule has 0 bridgehead atoms. The van der Waals surface area contributed by atoms with E-state index < -0.39 is 6.10 Å². The fraction of sp³-hybridized carbons (Fsp3) is 0.889. The van der Waals surface area contributed by atoms with Crippen molar-refractivity contribution >= 4 is 5.91 Å². The van der Waals surface area contributed by atoms with Crippen LogP contribution in [0.1, 0.15) is 19.8 Å². The Balaban J connectivity index is 2.08. The van der Waals surface area contributed by atoms with Crippen molar-refractivity contribution in [2.75, 3.05) is 19.8 Å². The maximum Gasteiger partial charge on any atom is 0.251 e. The average molecular weight is 185 g/mol. The molecule has 1 N–H and O–H groups in total. The summed E-state index contributed by atoms with van der Waals surface area (Å²) in [5.41, 5.74) is -0.0493. The average Bonchev–Trinajstić information content (AvgIpc) is 2.85. The van der Waals surface area contributed by atoms with Gasteiger partial charge in [0.1, 0.15) is 6.10 Å². The molecule has 0 aromatic carbocycles. The van der Waals surface area contributed by atoms with E-state index >= 15 is 0 Å². The molecular formula is C9H15NO3. The molecule has 0 aromatic heterocycles. The van der Waals surface area contributed by atoms with Crippen LogP contribution in [-0.2, 0) is 9.53 Å². The van der Waals surface area contributed by atoms with Gasteiger partial charge in [-0.3, -0.25) is 4.79 Å². The van der Waals surface area contributed by atoms with E-state index in [4.69, 9.17) is 4.74 Å². The fourth-order valence-corrected chi connectivity index (χ4v) is 1.86. The number of carbonyl (C=O) groups excluding carboxylic acids is 1. The summed E-state index contributed by atoms with van der Waals surface area (Å²) in [6.45, 7) is 3.39. The summed E-state index contributed by atoms with van der Waals surface area (Å²) >= 11 is 0. The van der Waals surface area contributed by atoms with E-state index in [1.165, 1.54) is 6.92 Å². The zero-order valence-corrected chi connectivity index (χ0v) is 7.82. The molecule has 74 valence electrons. The largest absolute Gasteiger partial charge is 0.384 e. The Labute approximate surface area is 77.5 Å². The van der Waals surface area contributed by atoms with Crippen molar-refractivity contribution in [3.8, 4) is 0 Å². The second-order valence-corrected chi connectivity index (χ2v) is 3.94. The van der Waals surface area contributed by atoms with Gasteiger partial charge in [-0.2, -0.15) is 0 Å². The monoisotopic (exact) mass is 185 g/mol. The molecular weight excluding hydrogens is 170 g/mol. The van der Waals surface area contributed by atoms with Crippen LogP contribution in [0.4, 0.5) is 0 Å². The van der Waals surface area contributed by atoms with Gasteiger partial charge in [-0.25, -0.2) is 0 Å². The van der Waals surface area contributed by atoms with E-state index in [2.05, 4.69) is 0 Å². The van der Waals surface area contributed by atoms with Gasteiger partial charge in [0.25, 0.3) is 5.91 Å². The first kappa shape index (κ1) is 8.97. The van der Waals surface area contributed by atoms with Crippen LogP contribution in [0.5, 0.6) is 0 Å². The van der Waals surface area contributed by atoms with Gasteiger partial charge in [-0.05, 0) is 19.8 Å². The lowest BCUT2D eigenvalue weighted by atomic mass is 10.2. The number of morpholine rings is 1. The second-order valence-electron chi connectivity index (χ2n) is 3.94. The first-order chi connectivity index (χ1) is 6.16. The minimum absolute atomic E-state index is 0.0493. The van der Waals surface area contributed by atoms with E-state index in [1.807, 2.05) is 0 Å². The molecule has 0 radical (unpaired) electrons. The molecule has 1 heterocycles. The summed E-state index contributed by atoms with van der Waals surface area (Å²) < 4.78 is 5.33. The van der Waals surface area contributed by atoms with Crippen molar-refractivity contribution in [3.63, 3.8) is 0 Å². The normalized spacial score (nSPS) is 27.4. The standard InChI is InChI=1S/C9H15NO3/c1-7(11)8(12)10-4-5-13-6-9(10)2-3-9/h7,11H,2-6H2,1H3/t7-/m0/s1. The predicted octanol–water partition coefficient (Wildman–Crippen LogP) is -0.241. The molecule has 1 saturated carbocycles. The topological polar surface area (TPSA) is 49.8 Å². The Bertz CT molecular complexity index is 223. The van der Waals surface area contributed by atoms with Crippen LogP contribution < -0.4 is 0 Å². The third kappa shape index (κ3) is 1.44. The summed E-state index contributed by atoms with van der Waals surface area (Å²) in [7, 11) is 0. The molecule has 1 spiro atoms. The van der Waals surface area contributed by atoms with Crippen molar-refractivity contribution < 1.29 is 14.6 Å². The smallest absolute Gasteiger partial charge is 0.251 e. The number of aliphatic hydroxyl groups excluding tert-OH is 1. The van der Waals surface area contributed by atoms with Crippen LogP contribution in [0.2, 0.25) is 0 Å². The number of nitrogens with zero attached hydrogens (tertiary/aromatic N) is 1. The summed E-state index contributed by atoms with van der Waals surface area (Å²) in [6, 6.07) is 0. The number of rotatable bonds is 1. The lowest BCUT2D eigenvalue weighted by Gasteiger charge is -2.36. The Hall–Kier alpha value is -0.610. The van der Waals surface area contributed by atoms with Crippen molar-refractivity contribution in [1.82, 2.24) is 4.90 Å². The predicted molar refractivity (Wildman–Crippen MR) is 46.2 cm³/mol. The molecule has 1 amide bonds. The van der Waals surface area contributed by atoms with Crippen LogP contribution in [-0.4, -0.2) is 47.3 Å². The number of hydrogen-bond acceptors (Lipinski definition) is 3. The molecule has 1 atom stereocenters. The van der Waals surface area contributed by atoms with Gasteiger partial charge in [0.15, 0.2) is 0 Å². The molecule has 2 aliphatic rings. The second kappa shape index (κ2) is 2.96. The number of amides is 1. The van der Waals surface area contributed by atoms with Crippen LogP contribution in [0.25, 0.3) is 0 Å². The fourth-order valence-electron chi connectivity index (χ4n) is 1.86. The SMILES string of the molecule is C[C@H](O)C(=O)N1CCOCC12CC2. The molecule has 1 aliphatic heterocycles. The van der Waals surface area contributed by atoms with Gasteiger partial charge in [0.05, 0.1) is 18.8 Å². The van der Waals surface area contributed by atoms with Crippen LogP contribution >= 0.6 is 0 Å². The first-order valence-electron chi connectivity index (χ1n) is 4.73. The van der Waals surface area contributed by atoms with Gasteiger partial charge in [-0.1, -0.05) is 0 Å². The minimum Gasteiger partial charge on any atom is -0.384 e. The van der Waals surface area contributed by atoms with E-state index in [-0.39, 0.29) is 11.4 Å². The molecule has 1 aliphatic carbocycles. The molecule has 13 heavy (non-hydrogen) atoms. The van der Waals surface area contributed by atoms with Crippen LogP contribution in [0.15, 0.2) is 0 Å².